The van der Waals surface area contributed by atoms with Gasteiger partial charge in [-0.1, -0.05) is 24.3 Å². The van der Waals surface area contributed by atoms with Crippen molar-refractivity contribution in [2.24, 2.45) is 0 Å². The molecule has 6 nitrogen and oxygen atoms in total. The fourth-order valence-corrected chi connectivity index (χ4v) is 3.50. The van der Waals surface area contributed by atoms with Gasteiger partial charge >= 0.3 is 0 Å². The minimum absolute atomic E-state index is 0.113. The summed E-state index contributed by atoms with van der Waals surface area (Å²) in [5.41, 5.74) is 2.82. The summed E-state index contributed by atoms with van der Waals surface area (Å²) in [6.07, 6.45) is 6.51. The van der Waals surface area contributed by atoms with Crippen LogP contribution < -0.4 is 5.32 Å². The number of hydrogen-bond acceptors (Lipinski definition) is 5. The van der Waals surface area contributed by atoms with E-state index >= 15 is 0 Å². The van der Waals surface area contributed by atoms with Gasteiger partial charge in [-0.15, -0.1) is 0 Å². The van der Waals surface area contributed by atoms with E-state index in [1.165, 1.54) is 50.6 Å². The van der Waals surface area contributed by atoms with Crippen LogP contribution in [0.5, 0.6) is 0 Å². The molecule has 1 saturated heterocycles. The van der Waals surface area contributed by atoms with E-state index in [0.717, 1.165) is 12.1 Å². The first-order valence-electron chi connectivity index (χ1n) is 9.91. The van der Waals surface area contributed by atoms with E-state index in [4.69, 9.17) is 4.42 Å². The van der Waals surface area contributed by atoms with E-state index < -0.39 is 0 Å². The van der Waals surface area contributed by atoms with Crippen LogP contribution in [-0.2, 0) is 19.6 Å². The van der Waals surface area contributed by atoms with Gasteiger partial charge in [-0.25, -0.2) is 4.98 Å². The molecule has 0 radical (unpaired) electrons. The predicted octanol–water partition coefficient (Wildman–Crippen LogP) is 2.79. The molecule has 0 bridgehead atoms. The lowest BCUT2D eigenvalue weighted by Crippen LogP contribution is -2.26. The van der Waals surface area contributed by atoms with Gasteiger partial charge in [-0.2, -0.15) is 0 Å². The predicted molar refractivity (Wildman–Crippen MR) is 103 cm³/mol. The number of amides is 1. The van der Waals surface area contributed by atoms with Crippen LogP contribution in [0, 0.1) is 0 Å². The Bertz CT molecular complexity index is 761. The molecule has 1 aromatic heterocycles. The van der Waals surface area contributed by atoms with Gasteiger partial charge in [-0.3, -0.25) is 9.69 Å². The van der Waals surface area contributed by atoms with Crippen LogP contribution in [0.1, 0.15) is 53.2 Å². The molecule has 1 aliphatic heterocycles. The topological polar surface area (TPSA) is 61.6 Å². The summed E-state index contributed by atoms with van der Waals surface area (Å²) in [5, 5.41) is 3.34. The average Bonchev–Trinajstić information content (AvgIpc) is 3.15. The molecular weight excluding hydrogens is 340 g/mol. The third-order valence-electron chi connectivity index (χ3n) is 5.28. The Hall–Kier alpha value is -2.18. The highest BCUT2D eigenvalue weighted by Gasteiger charge is 2.22. The lowest BCUT2D eigenvalue weighted by molar-refractivity contribution is 0.0779. The molecule has 1 amide bonds. The SMILES string of the molecule is CN(Cc1ccc(CN2CCCC2)cc1)C(=O)c1coc(CNC2CC2)n1. The van der Waals surface area contributed by atoms with Crippen molar-refractivity contribution in [3.8, 4) is 0 Å². The Morgan fingerprint density at radius 3 is 2.63 bits per heavy atom. The van der Waals surface area contributed by atoms with Gasteiger partial charge in [-0.05, 0) is 49.9 Å². The highest BCUT2D eigenvalue weighted by molar-refractivity contribution is 5.91. The maximum absolute atomic E-state index is 12.6. The zero-order valence-electron chi connectivity index (χ0n) is 16.0. The lowest BCUT2D eigenvalue weighted by Gasteiger charge is -2.17. The molecule has 0 spiro atoms. The second kappa shape index (κ2) is 8.23. The number of oxazole rings is 1. The Labute approximate surface area is 160 Å². The first-order valence-corrected chi connectivity index (χ1v) is 9.91. The fraction of sp³-hybridized carbons (Fsp3) is 0.524. The lowest BCUT2D eigenvalue weighted by atomic mass is 10.1. The Kier molecular flexibility index (Phi) is 5.55. The van der Waals surface area contributed by atoms with Crippen molar-refractivity contribution >= 4 is 5.91 Å². The van der Waals surface area contributed by atoms with Gasteiger partial charge in [0.05, 0.1) is 6.54 Å². The maximum Gasteiger partial charge on any atom is 0.275 e. The number of nitrogens with one attached hydrogen (secondary N) is 1. The molecule has 2 fully saturated rings. The van der Waals surface area contributed by atoms with E-state index in [9.17, 15) is 4.79 Å². The molecule has 1 aromatic carbocycles. The highest BCUT2D eigenvalue weighted by Crippen LogP contribution is 2.19. The number of carbonyl (C=O) groups is 1. The van der Waals surface area contributed by atoms with Crippen molar-refractivity contribution in [3.05, 3.63) is 53.2 Å². The summed E-state index contributed by atoms with van der Waals surface area (Å²) in [5.74, 6) is 0.461. The van der Waals surface area contributed by atoms with Crippen LogP contribution in [0.3, 0.4) is 0 Å². The highest BCUT2D eigenvalue weighted by atomic mass is 16.3. The molecule has 1 aliphatic carbocycles. The zero-order chi connectivity index (χ0) is 18.6. The van der Waals surface area contributed by atoms with Gasteiger partial charge in [0, 0.05) is 26.2 Å². The van der Waals surface area contributed by atoms with Crippen molar-refractivity contribution in [2.75, 3.05) is 20.1 Å². The first-order chi connectivity index (χ1) is 13.2. The summed E-state index contributed by atoms with van der Waals surface area (Å²) in [6, 6.07) is 9.16. The number of likely N-dealkylation sites (tertiary alicyclic amines) is 1. The van der Waals surface area contributed by atoms with E-state index in [1.807, 2.05) is 0 Å². The van der Waals surface area contributed by atoms with Crippen LogP contribution in [0.4, 0.5) is 0 Å². The maximum atomic E-state index is 12.6. The quantitative estimate of drug-likeness (QED) is 0.776. The Morgan fingerprint density at radius 2 is 1.93 bits per heavy atom. The average molecular weight is 368 g/mol. The number of carbonyl (C=O) groups excluding carboxylic acids is 1. The summed E-state index contributed by atoms with van der Waals surface area (Å²) >= 11 is 0. The molecule has 4 rings (SSSR count). The van der Waals surface area contributed by atoms with Crippen LogP contribution in [0.25, 0.3) is 0 Å². The minimum Gasteiger partial charge on any atom is -0.447 e. The third-order valence-corrected chi connectivity index (χ3v) is 5.28. The normalized spacial score (nSPS) is 17.4. The molecule has 6 heteroatoms. The van der Waals surface area contributed by atoms with Gasteiger partial charge in [0.2, 0.25) is 5.89 Å². The summed E-state index contributed by atoms with van der Waals surface area (Å²) < 4.78 is 5.42. The molecule has 1 saturated carbocycles. The Balaban J connectivity index is 1.29. The second-order valence-electron chi connectivity index (χ2n) is 7.74. The molecule has 2 heterocycles. The summed E-state index contributed by atoms with van der Waals surface area (Å²) in [7, 11) is 1.80. The van der Waals surface area contributed by atoms with Gasteiger partial charge in [0.25, 0.3) is 5.91 Å². The molecule has 0 atom stereocenters. The van der Waals surface area contributed by atoms with E-state index in [0.29, 0.717) is 30.7 Å². The van der Waals surface area contributed by atoms with Crippen molar-refractivity contribution < 1.29 is 9.21 Å². The minimum atomic E-state index is -0.113. The van der Waals surface area contributed by atoms with Crippen LogP contribution in [0.2, 0.25) is 0 Å². The van der Waals surface area contributed by atoms with Gasteiger partial charge < -0.3 is 14.6 Å². The summed E-state index contributed by atoms with van der Waals surface area (Å²) in [6.45, 7) is 4.57. The second-order valence-corrected chi connectivity index (χ2v) is 7.74. The van der Waals surface area contributed by atoms with E-state index in [1.54, 1.807) is 11.9 Å². The number of rotatable bonds is 8. The van der Waals surface area contributed by atoms with Crippen molar-refractivity contribution in [1.82, 2.24) is 20.1 Å². The van der Waals surface area contributed by atoms with Crippen molar-refractivity contribution in [2.45, 2.75) is 51.4 Å². The molecule has 1 N–H and O–H groups in total. The number of nitrogens with zero attached hydrogens (tertiary/aromatic N) is 3. The number of hydrogen-bond donors (Lipinski definition) is 1. The van der Waals surface area contributed by atoms with Crippen molar-refractivity contribution in [1.29, 1.82) is 0 Å². The standard InChI is InChI=1S/C21H28N4O2/c1-24(21(26)19-15-27-20(23-19)12-22-18-8-9-18)13-16-4-6-17(7-5-16)14-25-10-2-3-11-25/h4-7,15,18,22H,2-3,8-14H2,1H3. The zero-order valence-corrected chi connectivity index (χ0v) is 16.0. The molecular formula is C21H28N4O2. The smallest absolute Gasteiger partial charge is 0.275 e. The molecule has 144 valence electrons. The number of benzene rings is 1. The largest absolute Gasteiger partial charge is 0.447 e. The Morgan fingerprint density at radius 1 is 1.22 bits per heavy atom. The fourth-order valence-electron chi connectivity index (χ4n) is 3.50. The third kappa shape index (κ3) is 4.96. The van der Waals surface area contributed by atoms with E-state index in [-0.39, 0.29) is 5.91 Å². The molecule has 27 heavy (non-hydrogen) atoms. The van der Waals surface area contributed by atoms with Crippen molar-refractivity contribution in [3.63, 3.8) is 0 Å². The monoisotopic (exact) mass is 368 g/mol. The summed E-state index contributed by atoms with van der Waals surface area (Å²) in [4.78, 5) is 21.1. The first kappa shape index (κ1) is 18.2. The van der Waals surface area contributed by atoms with Crippen LogP contribution >= 0.6 is 0 Å². The van der Waals surface area contributed by atoms with Gasteiger partial charge in [0.15, 0.2) is 5.69 Å². The number of aromatic nitrogens is 1. The van der Waals surface area contributed by atoms with Crippen LogP contribution in [-0.4, -0.2) is 46.9 Å². The van der Waals surface area contributed by atoms with Gasteiger partial charge in [0.1, 0.15) is 6.26 Å². The molecule has 2 aromatic rings. The van der Waals surface area contributed by atoms with E-state index in [2.05, 4.69) is 39.5 Å². The molecule has 0 unspecified atom stereocenters. The van der Waals surface area contributed by atoms with Crippen LogP contribution in [0.15, 0.2) is 34.9 Å². The molecule has 2 aliphatic rings.